The largest absolute Gasteiger partial charge is 0.506 e. The van der Waals surface area contributed by atoms with Gasteiger partial charge in [0, 0.05) is 26.4 Å². The van der Waals surface area contributed by atoms with Crippen LogP contribution in [-0.4, -0.2) is 43.5 Å². The van der Waals surface area contributed by atoms with Crippen LogP contribution in [0.3, 0.4) is 0 Å². The van der Waals surface area contributed by atoms with Crippen molar-refractivity contribution in [1.82, 2.24) is 0 Å². The van der Waals surface area contributed by atoms with Crippen LogP contribution in [0.1, 0.15) is 93.4 Å². The Morgan fingerprint density at radius 2 is 1.37 bits per heavy atom. The van der Waals surface area contributed by atoms with Crippen LogP contribution in [0, 0.1) is 0 Å². The van der Waals surface area contributed by atoms with Gasteiger partial charge in [-0.15, -0.1) is 0 Å². The van der Waals surface area contributed by atoms with Crippen LogP contribution in [0.5, 0.6) is 0 Å². The predicted molar refractivity (Wildman–Crippen MR) is 121 cm³/mol. The summed E-state index contributed by atoms with van der Waals surface area (Å²) in [5, 5.41) is 0. The van der Waals surface area contributed by atoms with Gasteiger partial charge in [-0.25, -0.2) is 0 Å². The molecule has 0 saturated heterocycles. The van der Waals surface area contributed by atoms with Crippen molar-refractivity contribution in [2.24, 2.45) is 0 Å². The molecule has 0 spiro atoms. The van der Waals surface area contributed by atoms with Crippen molar-refractivity contribution in [1.29, 1.82) is 0 Å². The molecular weight excluding hydrogens is 372 g/mol. The molecule has 0 rings (SSSR count). The maximum atomic E-state index is 6.53. The quantitative estimate of drug-likeness (QED) is 0.193. The second kappa shape index (κ2) is 13.5. The second-order valence-corrected chi connectivity index (χ2v) is 16.2. The summed E-state index contributed by atoms with van der Waals surface area (Å²) in [6, 6.07) is 1.14. The van der Waals surface area contributed by atoms with Crippen molar-refractivity contribution in [2.45, 2.75) is 117 Å². The molecule has 0 N–H and O–H groups in total. The van der Waals surface area contributed by atoms with Crippen molar-refractivity contribution < 1.29 is 17.7 Å². The number of rotatable bonds is 17. The van der Waals surface area contributed by atoms with Gasteiger partial charge in [0.05, 0.1) is 4.66 Å². The van der Waals surface area contributed by atoms with Gasteiger partial charge in [-0.05, 0) is 46.7 Å². The molecule has 0 fully saturated rings. The van der Waals surface area contributed by atoms with Crippen molar-refractivity contribution >= 4 is 17.1 Å². The summed E-state index contributed by atoms with van der Waals surface area (Å²) in [5.74, 6) is 0. The fraction of sp³-hybridized carbons (Fsp3) is 1.00. The lowest BCUT2D eigenvalue weighted by Crippen LogP contribution is -2.66. The number of unbranched alkanes of at least 4 members (excludes halogenated alkanes) is 5. The molecule has 0 aliphatic rings. The first-order chi connectivity index (χ1) is 12.7. The third-order valence-electron chi connectivity index (χ3n) is 6.07. The molecule has 164 valence electrons. The predicted octanol–water partition coefficient (Wildman–Crippen LogP) is 6.72. The molecule has 0 aromatic carbocycles. The third kappa shape index (κ3) is 7.23. The molecule has 6 heteroatoms. The van der Waals surface area contributed by atoms with Gasteiger partial charge in [0.1, 0.15) is 0 Å². The van der Waals surface area contributed by atoms with E-state index in [1.54, 1.807) is 0 Å². The zero-order valence-corrected chi connectivity index (χ0v) is 21.8. The zero-order chi connectivity index (χ0) is 21.0. The average Bonchev–Trinajstić information content (AvgIpc) is 2.63. The van der Waals surface area contributed by atoms with Gasteiger partial charge in [0.15, 0.2) is 8.32 Å². The van der Waals surface area contributed by atoms with E-state index in [2.05, 4.69) is 41.2 Å². The highest BCUT2D eigenvalue weighted by molar-refractivity contribution is 6.91. The van der Waals surface area contributed by atoms with E-state index in [4.69, 9.17) is 17.7 Å². The summed E-state index contributed by atoms with van der Waals surface area (Å²) in [6.07, 6.45) is 8.85. The van der Waals surface area contributed by atoms with Crippen molar-refractivity contribution in [2.75, 3.05) is 20.3 Å². The molecule has 2 unspecified atom stereocenters. The highest BCUT2D eigenvalue weighted by atomic mass is 28.4. The van der Waals surface area contributed by atoms with Crippen molar-refractivity contribution in [3.05, 3.63) is 0 Å². The Labute approximate surface area is 172 Å². The SMILES string of the molecule is CCCCCCCC[Si](C)(OC)C(C)(CC)[Si](OCC)(OCC)OC(C)C. The van der Waals surface area contributed by atoms with Crippen LogP contribution < -0.4 is 0 Å². The lowest BCUT2D eigenvalue weighted by molar-refractivity contribution is 0.0274. The molecule has 0 radical (unpaired) electrons. The molecule has 0 bridgehead atoms. The van der Waals surface area contributed by atoms with Gasteiger partial charge in [0.25, 0.3) is 0 Å². The Hall–Kier alpha value is 0.274. The zero-order valence-electron chi connectivity index (χ0n) is 19.8. The van der Waals surface area contributed by atoms with Gasteiger partial charge in [0.2, 0.25) is 0 Å². The molecular formula is C21H48O4Si2. The van der Waals surface area contributed by atoms with E-state index >= 15 is 0 Å². The normalized spacial score (nSPS) is 17.1. The summed E-state index contributed by atoms with van der Waals surface area (Å²) < 4.78 is 25.5. The standard InChI is InChI=1S/C21H48O4Si2/c1-10-14-15-16-17-18-19-26(9,22-8)21(7,11-2)27(23-12-3,24-13-4)25-20(5)6/h20H,10-19H2,1-9H3. The number of hydrogen-bond donors (Lipinski definition) is 0. The Balaban J connectivity index is 5.60. The van der Waals surface area contributed by atoms with Gasteiger partial charge < -0.3 is 17.7 Å². The minimum Gasteiger partial charge on any atom is -0.420 e. The molecule has 0 heterocycles. The van der Waals surface area contributed by atoms with Crippen LogP contribution in [0.25, 0.3) is 0 Å². The highest BCUT2D eigenvalue weighted by Crippen LogP contribution is 2.53. The minimum atomic E-state index is -2.91. The fourth-order valence-corrected chi connectivity index (χ4v) is 13.7. The van der Waals surface area contributed by atoms with Crippen LogP contribution in [-0.2, 0) is 17.7 Å². The Morgan fingerprint density at radius 1 is 0.852 bits per heavy atom. The van der Waals surface area contributed by atoms with E-state index in [1.165, 1.54) is 38.5 Å². The van der Waals surface area contributed by atoms with E-state index in [-0.39, 0.29) is 10.8 Å². The molecule has 2 atom stereocenters. The topological polar surface area (TPSA) is 36.9 Å². The van der Waals surface area contributed by atoms with Crippen molar-refractivity contribution in [3.8, 4) is 0 Å². The number of hydrogen-bond acceptors (Lipinski definition) is 4. The molecule has 0 saturated carbocycles. The molecule has 0 aromatic rings. The van der Waals surface area contributed by atoms with Gasteiger partial charge >= 0.3 is 8.80 Å². The summed E-state index contributed by atoms with van der Waals surface area (Å²) in [6.45, 7) is 18.7. The molecule has 0 amide bonds. The Bertz CT molecular complexity index is 375. The van der Waals surface area contributed by atoms with E-state index < -0.39 is 17.1 Å². The molecule has 0 aliphatic carbocycles. The Morgan fingerprint density at radius 3 is 1.78 bits per heavy atom. The van der Waals surface area contributed by atoms with Crippen LogP contribution >= 0.6 is 0 Å². The maximum Gasteiger partial charge on any atom is 0.506 e. The molecule has 0 aliphatic heterocycles. The van der Waals surface area contributed by atoms with Crippen LogP contribution in [0.15, 0.2) is 0 Å². The lowest BCUT2D eigenvalue weighted by Gasteiger charge is -2.51. The van der Waals surface area contributed by atoms with Gasteiger partial charge in [-0.2, -0.15) is 0 Å². The second-order valence-electron chi connectivity index (χ2n) is 8.23. The van der Waals surface area contributed by atoms with Gasteiger partial charge in [-0.1, -0.05) is 59.3 Å². The molecule has 4 nitrogen and oxygen atoms in total. The van der Waals surface area contributed by atoms with E-state index in [0.717, 1.165) is 12.5 Å². The first-order valence-electron chi connectivity index (χ1n) is 11.2. The van der Waals surface area contributed by atoms with E-state index in [1.807, 2.05) is 21.0 Å². The first-order valence-corrected chi connectivity index (χ1v) is 15.6. The monoisotopic (exact) mass is 420 g/mol. The maximum absolute atomic E-state index is 6.53. The van der Waals surface area contributed by atoms with E-state index in [9.17, 15) is 0 Å². The summed E-state index contributed by atoms with van der Waals surface area (Å²) in [5.41, 5.74) is 0. The third-order valence-corrected chi connectivity index (χ3v) is 17.3. The smallest absolute Gasteiger partial charge is 0.420 e. The highest BCUT2D eigenvalue weighted by Gasteiger charge is 2.67. The summed E-state index contributed by atoms with van der Waals surface area (Å²) in [7, 11) is -3.16. The first kappa shape index (κ1) is 27.3. The molecule has 0 aromatic heterocycles. The van der Waals surface area contributed by atoms with E-state index in [0.29, 0.717) is 13.2 Å². The molecule has 27 heavy (non-hydrogen) atoms. The lowest BCUT2D eigenvalue weighted by atomic mass is 10.1. The summed E-state index contributed by atoms with van der Waals surface area (Å²) in [4.78, 5) is 0. The summed E-state index contributed by atoms with van der Waals surface area (Å²) >= 11 is 0. The fourth-order valence-electron chi connectivity index (χ4n) is 4.01. The van der Waals surface area contributed by atoms with Crippen molar-refractivity contribution in [3.63, 3.8) is 0 Å². The van der Waals surface area contributed by atoms with Gasteiger partial charge in [-0.3, -0.25) is 0 Å². The average molecular weight is 421 g/mol. The minimum absolute atomic E-state index is 0.0739. The Kier molecular flexibility index (Phi) is 13.6. The van der Waals surface area contributed by atoms with Crippen LogP contribution in [0.4, 0.5) is 0 Å². The van der Waals surface area contributed by atoms with Crippen LogP contribution in [0.2, 0.25) is 17.3 Å².